The number of aromatic nitrogens is 4. The molecule has 1 amide bonds. The molecule has 0 bridgehead atoms. The molecule has 4 heterocycles. The second-order valence-electron chi connectivity index (χ2n) is 7.31. The predicted molar refractivity (Wildman–Crippen MR) is 124 cm³/mol. The largest absolute Gasteiger partial charge is 0.335 e. The summed E-state index contributed by atoms with van der Waals surface area (Å²) in [6.07, 6.45) is 1.13. The molecule has 0 aliphatic carbocycles. The fourth-order valence-electron chi connectivity index (χ4n) is 3.59. The Labute approximate surface area is 191 Å². The van der Waals surface area contributed by atoms with Crippen molar-refractivity contribution in [3.8, 4) is 11.3 Å². The Balaban J connectivity index is 1.32. The molecule has 0 radical (unpaired) electrons. The van der Waals surface area contributed by atoms with Crippen LogP contribution in [0.3, 0.4) is 0 Å². The lowest BCUT2D eigenvalue weighted by atomic mass is 10.1. The third-order valence-corrected chi connectivity index (χ3v) is 6.96. The molecule has 0 spiro atoms. The summed E-state index contributed by atoms with van der Waals surface area (Å²) in [5.41, 5.74) is 3.73. The number of rotatable bonds is 5. The molecule has 0 atom stereocenters. The van der Waals surface area contributed by atoms with Crippen molar-refractivity contribution in [3.63, 3.8) is 0 Å². The molecule has 1 aliphatic rings. The number of hydrogen-bond donors (Lipinski definition) is 1. The maximum atomic E-state index is 14.5. The number of likely N-dealkylation sites (N-methyl/N-ethyl adjacent to an activating group) is 1. The number of carbonyl (C=O) groups excluding carboxylic acids is 1. The molecule has 32 heavy (non-hydrogen) atoms. The second-order valence-corrected chi connectivity index (χ2v) is 9.06. The molecule has 1 aromatic carbocycles. The van der Waals surface area contributed by atoms with Gasteiger partial charge in [0.25, 0.3) is 5.91 Å². The van der Waals surface area contributed by atoms with E-state index >= 15 is 0 Å². The zero-order valence-electron chi connectivity index (χ0n) is 17.3. The van der Waals surface area contributed by atoms with Gasteiger partial charge in [0.15, 0.2) is 10.9 Å². The summed E-state index contributed by atoms with van der Waals surface area (Å²) >= 11 is 2.81. The number of nitrogens with one attached hydrogen (secondary N) is 1. The smallest absolute Gasteiger partial charge is 0.273 e. The first-order chi connectivity index (χ1) is 15.6. The molecule has 0 saturated carbocycles. The Bertz CT molecular complexity index is 1270. The van der Waals surface area contributed by atoms with E-state index in [-0.39, 0.29) is 17.5 Å². The molecule has 1 aliphatic heterocycles. The lowest BCUT2D eigenvalue weighted by Gasteiger charge is -2.33. The van der Waals surface area contributed by atoms with E-state index < -0.39 is 5.82 Å². The lowest BCUT2D eigenvalue weighted by molar-refractivity contribution is 0.0638. The van der Waals surface area contributed by atoms with Gasteiger partial charge in [0, 0.05) is 37.1 Å². The Morgan fingerprint density at radius 3 is 2.81 bits per heavy atom. The van der Waals surface area contributed by atoms with Crippen LogP contribution in [0.25, 0.3) is 21.5 Å². The molecule has 1 fully saturated rings. The minimum atomic E-state index is -0.522. The summed E-state index contributed by atoms with van der Waals surface area (Å²) in [7, 11) is 0. The molecule has 164 valence electrons. The molecule has 11 heteroatoms. The fraction of sp³-hybridized carbons (Fsp3) is 0.286. The molecular formula is C21H20FN7OS2. The number of benzene rings is 1. The molecule has 3 aromatic heterocycles. The van der Waals surface area contributed by atoms with E-state index in [1.807, 2.05) is 17.0 Å². The maximum Gasteiger partial charge on any atom is 0.273 e. The van der Waals surface area contributed by atoms with Crippen molar-refractivity contribution >= 4 is 49.9 Å². The van der Waals surface area contributed by atoms with Gasteiger partial charge in [-0.1, -0.05) is 13.0 Å². The van der Waals surface area contributed by atoms with Crippen LogP contribution in [-0.2, 0) is 0 Å². The summed E-state index contributed by atoms with van der Waals surface area (Å²) in [6.45, 7) is 6.24. The van der Waals surface area contributed by atoms with Crippen molar-refractivity contribution in [2.24, 2.45) is 0 Å². The SMILES string of the molecule is CCN1CCN(C(=O)c2csc(Nc3ncc(F)c(-c4ccc5scnc5c4)n3)n2)CC1. The fourth-order valence-corrected chi connectivity index (χ4v) is 4.93. The summed E-state index contributed by atoms with van der Waals surface area (Å²) in [5, 5.41) is 5.19. The highest BCUT2D eigenvalue weighted by molar-refractivity contribution is 7.16. The van der Waals surface area contributed by atoms with Crippen LogP contribution in [0, 0.1) is 5.82 Å². The first-order valence-electron chi connectivity index (χ1n) is 10.2. The van der Waals surface area contributed by atoms with Crippen LogP contribution >= 0.6 is 22.7 Å². The number of fused-ring (bicyclic) bond motifs is 1. The van der Waals surface area contributed by atoms with Gasteiger partial charge < -0.3 is 15.1 Å². The highest BCUT2D eigenvalue weighted by Crippen LogP contribution is 2.28. The van der Waals surface area contributed by atoms with Crippen LogP contribution in [0.2, 0.25) is 0 Å². The normalized spacial score (nSPS) is 14.8. The topological polar surface area (TPSA) is 87.1 Å². The van der Waals surface area contributed by atoms with E-state index in [2.05, 4.69) is 37.1 Å². The van der Waals surface area contributed by atoms with E-state index in [1.54, 1.807) is 17.0 Å². The molecule has 0 unspecified atom stereocenters. The maximum absolute atomic E-state index is 14.5. The minimum absolute atomic E-state index is 0.0812. The van der Waals surface area contributed by atoms with Crippen LogP contribution in [0.4, 0.5) is 15.5 Å². The third-order valence-electron chi connectivity index (χ3n) is 5.40. The van der Waals surface area contributed by atoms with Crippen LogP contribution < -0.4 is 5.32 Å². The van der Waals surface area contributed by atoms with Gasteiger partial charge in [-0.15, -0.1) is 22.7 Å². The van der Waals surface area contributed by atoms with Crippen molar-refractivity contribution in [1.29, 1.82) is 0 Å². The second kappa shape index (κ2) is 8.85. The van der Waals surface area contributed by atoms with Crippen LogP contribution in [0.1, 0.15) is 17.4 Å². The van der Waals surface area contributed by atoms with Crippen LogP contribution in [-0.4, -0.2) is 68.4 Å². The standard InChI is InChI=1S/C21H20FN7OS2/c1-2-28-5-7-29(8-6-28)19(30)16-11-31-21(25-16)27-20-23-10-14(22)18(26-20)13-3-4-17-15(9-13)24-12-32-17/h3-4,9-12H,2,5-8H2,1H3,(H,23,25,26,27). The van der Waals surface area contributed by atoms with E-state index in [0.717, 1.165) is 36.0 Å². The van der Waals surface area contributed by atoms with E-state index in [1.165, 1.54) is 22.7 Å². The minimum Gasteiger partial charge on any atom is -0.335 e. The van der Waals surface area contributed by atoms with Crippen LogP contribution in [0.15, 0.2) is 35.3 Å². The van der Waals surface area contributed by atoms with Crippen molar-refractivity contribution in [2.45, 2.75) is 6.92 Å². The van der Waals surface area contributed by atoms with Crippen molar-refractivity contribution < 1.29 is 9.18 Å². The summed E-state index contributed by atoms with van der Waals surface area (Å²) in [4.78, 5) is 33.9. The van der Waals surface area contributed by atoms with Gasteiger partial charge in [-0.2, -0.15) is 0 Å². The molecular weight excluding hydrogens is 449 g/mol. The van der Waals surface area contributed by atoms with Gasteiger partial charge in [-0.05, 0) is 18.7 Å². The molecule has 1 N–H and O–H groups in total. The number of hydrogen-bond acceptors (Lipinski definition) is 9. The van der Waals surface area contributed by atoms with Gasteiger partial charge in [0.2, 0.25) is 5.95 Å². The van der Waals surface area contributed by atoms with Gasteiger partial charge in [-0.25, -0.2) is 24.3 Å². The number of thiazole rings is 2. The highest BCUT2D eigenvalue weighted by Gasteiger charge is 2.23. The Hall–Kier alpha value is -3.02. The van der Waals surface area contributed by atoms with E-state index in [4.69, 9.17) is 0 Å². The monoisotopic (exact) mass is 469 g/mol. The number of carbonyl (C=O) groups is 1. The Morgan fingerprint density at radius 2 is 2.00 bits per heavy atom. The van der Waals surface area contributed by atoms with Gasteiger partial charge in [0.05, 0.1) is 21.9 Å². The Kier molecular flexibility index (Phi) is 5.77. The van der Waals surface area contributed by atoms with Gasteiger partial charge in [-0.3, -0.25) is 4.79 Å². The number of halogens is 1. The van der Waals surface area contributed by atoms with Crippen molar-refractivity contribution in [1.82, 2.24) is 29.7 Å². The average molecular weight is 470 g/mol. The molecule has 4 aromatic rings. The Morgan fingerprint density at radius 1 is 1.16 bits per heavy atom. The lowest BCUT2D eigenvalue weighted by Crippen LogP contribution is -2.48. The van der Waals surface area contributed by atoms with Gasteiger partial charge in [0.1, 0.15) is 11.4 Å². The number of piperazine rings is 1. The summed E-state index contributed by atoms with van der Waals surface area (Å²) in [6, 6.07) is 5.52. The third kappa shape index (κ3) is 4.18. The van der Waals surface area contributed by atoms with Crippen molar-refractivity contribution in [3.05, 3.63) is 46.8 Å². The summed E-state index contributed by atoms with van der Waals surface area (Å²) < 4.78 is 15.5. The number of anilines is 2. The zero-order valence-corrected chi connectivity index (χ0v) is 18.9. The number of amides is 1. The van der Waals surface area contributed by atoms with Gasteiger partial charge >= 0.3 is 0 Å². The van der Waals surface area contributed by atoms with Crippen LogP contribution in [0.5, 0.6) is 0 Å². The predicted octanol–water partition coefficient (Wildman–Crippen LogP) is 3.87. The summed E-state index contributed by atoms with van der Waals surface area (Å²) in [5.74, 6) is -0.390. The van der Waals surface area contributed by atoms with Crippen molar-refractivity contribution in [2.75, 3.05) is 38.0 Å². The first-order valence-corrected chi connectivity index (χ1v) is 12.0. The van der Waals surface area contributed by atoms with E-state index in [9.17, 15) is 9.18 Å². The molecule has 1 saturated heterocycles. The average Bonchev–Trinajstić information content (AvgIpc) is 3.49. The molecule has 8 nitrogen and oxygen atoms in total. The number of nitrogens with zero attached hydrogens (tertiary/aromatic N) is 6. The highest BCUT2D eigenvalue weighted by atomic mass is 32.1. The quantitative estimate of drug-likeness (QED) is 0.475. The van der Waals surface area contributed by atoms with E-state index in [0.29, 0.717) is 29.5 Å². The first kappa shape index (κ1) is 20.9. The molecule has 5 rings (SSSR count). The zero-order chi connectivity index (χ0) is 22.1.